The molecule has 1 aliphatic rings. The van der Waals surface area contributed by atoms with E-state index in [0.29, 0.717) is 38.4 Å². The molecule has 2 aromatic carbocycles. The summed E-state index contributed by atoms with van der Waals surface area (Å²) in [6.45, 7) is 4.63. The first kappa shape index (κ1) is 19.5. The fraction of sp³-hybridized carbons (Fsp3) is 0.318. The van der Waals surface area contributed by atoms with E-state index in [0.717, 1.165) is 28.2 Å². The third kappa shape index (κ3) is 4.00. The summed E-state index contributed by atoms with van der Waals surface area (Å²) < 4.78 is 38.9. The molecule has 0 amide bonds. The molecular formula is C22H22F3N3O. The van der Waals surface area contributed by atoms with Crippen LogP contribution in [0.25, 0.3) is 10.9 Å². The maximum atomic E-state index is 13.0. The van der Waals surface area contributed by atoms with Crippen molar-refractivity contribution < 1.29 is 18.0 Å². The highest BCUT2D eigenvalue weighted by molar-refractivity contribution is 6.10. The number of nitrogens with one attached hydrogen (secondary N) is 1. The van der Waals surface area contributed by atoms with Gasteiger partial charge in [0, 0.05) is 54.0 Å². The number of nitrogens with zero attached hydrogens (tertiary/aromatic N) is 2. The van der Waals surface area contributed by atoms with Crippen molar-refractivity contribution in [2.45, 2.75) is 13.1 Å². The number of hydrogen-bond donors (Lipinski definition) is 1. The van der Waals surface area contributed by atoms with Crippen molar-refractivity contribution >= 4 is 22.4 Å². The normalized spacial score (nSPS) is 15.8. The molecule has 0 spiro atoms. The number of carbonyl (C=O) groups excluding carboxylic acids is 1. The highest BCUT2D eigenvalue weighted by atomic mass is 19.4. The summed E-state index contributed by atoms with van der Waals surface area (Å²) in [6.07, 6.45) is -4.35. The first-order valence-corrected chi connectivity index (χ1v) is 9.58. The van der Waals surface area contributed by atoms with E-state index in [1.807, 2.05) is 36.1 Å². The molecule has 0 radical (unpaired) electrons. The molecule has 0 saturated carbocycles. The van der Waals surface area contributed by atoms with Crippen LogP contribution in [0.5, 0.6) is 0 Å². The van der Waals surface area contributed by atoms with E-state index in [1.165, 1.54) is 12.1 Å². The molecule has 2 heterocycles. The molecule has 4 rings (SSSR count). The number of hydrogen-bond acceptors (Lipinski definition) is 3. The lowest BCUT2D eigenvalue weighted by atomic mass is 10.1. The average molecular weight is 401 g/mol. The first-order valence-electron chi connectivity index (χ1n) is 9.58. The van der Waals surface area contributed by atoms with E-state index < -0.39 is 11.7 Å². The van der Waals surface area contributed by atoms with Crippen LogP contribution in [0.1, 0.15) is 21.6 Å². The molecule has 1 N–H and O–H groups in total. The highest BCUT2D eigenvalue weighted by Crippen LogP contribution is 2.32. The molecule has 1 fully saturated rings. The molecule has 0 aliphatic carbocycles. The third-order valence-electron chi connectivity index (χ3n) is 5.45. The van der Waals surface area contributed by atoms with Gasteiger partial charge in [-0.15, -0.1) is 0 Å². The number of halogens is 3. The van der Waals surface area contributed by atoms with Crippen molar-refractivity contribution in [1.29, 1.82) is 0 Å². The predicted octanol–water partition coefficient (Wildman–Crippen LogP) is 4.50. The number of piperazine rings is 1. The summed E-state index contributed by atoms with van der Waals surface area (Å²) in [7, 11) is 0. The lowest BCUT2D eigenvalue weighted by Crippen LogP contribution is -2.48. The number of aromatic amines is 1. The van der Waals surface area contributed by atoms with Crippen LogP contribution in [0.4, 0.5) is 18.9 Å². The zero-order valence-electron chi connectivity index (χ0n) is 16.1. The van der Waals surface area contributed by atoms with Gasteiger partial charge in [0.2, 0.25) is 0 Å². The number of anilines is 1. The van der Waals surface area contributed by atoms with Gasteiger partial charge in [-0.05, 0) is 31.2 Å². The van der Waals surface area contributed by atoms with E-state index in [1.54, 1.807) is 6.07 Å². The van der Waals surface area contributed by atoms with Gasteiger partial charge in [-0.2, -0.15) is 13.2 Å². The van der Waals surface area contributed by atoms with Crippen molar-refractivity contribution in [3.8, 4) is 0 Å². The lowest BCUT2D eigenvalue weighted by molar-refractivity contribution is -0.137. The first-order chi connectivity index (χ1) is 13.8. The zero-order chi connectivity index (χ0) is 20.6. The van der Waals surface area contributed by atoms with Crippen LogP contribution in [0.3, 0.4) is 0 Å². The van der Waals surface area contributed by atoms with Crippen LogP contribution < -0.4 is 4.90 Å². The fourth-order valence-corrected chi connectivity index (χ4v) is 3.96. The number of alkyl halides is 3. The number of carbonyl (C=O) groups is 1. The number of Topliss-reactive ketones (excluding diaryl/α,β-unsaturated/α-hetero) is 1. The fourth-order valence-electron chi connectivity index (χ4n) is 3.96. The topological polar surface area (TPSA) is 39.3 Å². The Kier molecular flexibility index (Phi) is 5.08. The van der Waals surface area contributed by atoms with Crippen molar-refractivity contribution in [3.63, 3.8) is 0 Å². The Morgan fingerprint density at radius 2 is 1.76 bits per heavy atom. The molecule has 0 atom stereocenters. The Morgan fingerprint density at radius 1 is 1.03 bits per heavy atom. The number of ketones is 1. The maximum Gasteiger partial charge on any atom is 0.416 e. The molecule has 0 unspecified atom stereocenters. The van der Waals surface area contributed by atoms with Gasteiger partial charge in [-0.1, -0.05) is 24.3 Å². The van der Waals surface area contributed by atoms with Crippen molar-refractivity contribution in [2.75, 3.05) is 37.6 Å². The number of H-pyrrole nitrogens is 1. The van der Waals surface area contributed by atoms with Crippen LogP contribution in [-0.2, 0) is 6.18 Å². The Balaban J connectivity index is 1.41. The minimum Gasteiger partial charge on any atom is -0.369 e. The van der Waals surface area contributed by atoms with Gasteiger partial charge in [0.1, 0.15) is 0 Å². The third-order valence-corrected chi connectivity index (χ3v) is 5.45. The Labute approximate surface area is 166 Å². The largest absolute Gasteiger partial charge is 0.416 e. The zero-order valence-corrected chi connectivity index (χ0v) is 16.1. The quantitative estimate of drug-likeness (QED) is 0.655. The molecule has 1 aliphatic heterocycles. The number of para-hydroxylation sites is 1. The van der Waals surface area contributed by atoms with Gasteiger partial charge in [0.15, 0.2) is 5.78 Å². The average Bonchev–Trinajstić information content (AvgIpc) is 3.04. The molecule has 4 nitrogen and oxygen atoms in total. The Bertz CT molecular complexity index is 1030. The van der Waals surface area contributed by atoms with Crippen LogP contribution >= 0.6 is 0 Å². The molecule has 7 heteroatoms. The van der Waals surface area contributed by atoms with Crippen molar-refractivity contribution in [2.24, 2.45) is 0 Å². The second-order valence-corrected chi connectivity index (χ2v) is 7.41. The van der Waals surface area contributed by atoms with Crippen LogP contribution in [-0.4, -0.2) is 48.4 Å². The molecular weight excluding hydrogens is 379 g/mol. The summed E-state index contributed by atoms with van der Waals surface area (Å²) in [4.78, 5) is 20.2. The summed E-state index contributed by atoms with van der Waals surface area (Å²) >= 11 is 0. The number of rotatable bonds is 4. The summed E-state index contributed by atoms with van der Waals surface area (Å²) in [5.41, 5.74) is 2.46. The SMILES string of the molecule is Cc1[nH]c2ccccc2c1C(=O)CN1CCN(c2cccc(C(F)(F)F)c2)CC1. The molecule has 0 bridgehead atoms. The molecule has 3 aromatic rings. The maximum absolute atomic E-state index is 13.0. The van der Waals surface area contributed by atoms with Crippen LogP contribution in [0, 0.1) is 6.92 Å². The number of aryl methyl sites for hydroxylation is 1. The second kappa shape index (κ2) is 7.55. The van der Waals surface area contributed by atoms with E-state index in [-0.39, 0.29) is 5.78 Å². The van der Waals surface area contributed by atoms with E-state index in [9.17, 15) is 18.0 Å². The number of fused-ring (bicyclic) bond motifs is 1. The van der Waals surface area contributed by atoms with E-state index >= 15 is 0 Å². The van der Waals surface area contributed by atoms with Crippen LogP contribution in [0.15, 0.2) is 48.5 Å². The van der Waals surface area contributed by atoms with E-state index in [4.69, 9.17) is 0 Å². The predicted molar refractivity (Wildman–Crippen MR) is 107 cm³/mol. The summed E-state index contributed by atoms with van der Waals surface area (Å²) in [5, 5.41) is 0.928. The van der Waals surface area contributed by atoms with Crippen molar-refractivity contribution in [3.05, 3.63) is 65.4 Å². The Hall–Kier alpha value is -2.80. The second-order valence-electron chi connectivity index (χ2n) is 7.41. The molecule has 1 aromatic heterocycles. The molecule has 152 valence electrons. The summed E-state index contributed by atoms with van der Waals surface area (Å²) in [6, 6.07) is 13.2. The van der Waals surface area contributed by atoms with Gasteiger partial charge >= 0.3 is 6.18 Å². The van der Waals surface area contributed by atoms with Gasteiger partial charge in [0.05, 0.1) is 12.1 Å². The number of benzene rings is 2. The smallest absolute Gasteiger partial charge is 0.369 e. The standard InChI is InChI=1S/C22H22F3N3O/c1-15-21(18-7-2-3-8-19(18)26-15)20(29)14-27-9-11-28(12-10-27)17-6-4-5-16(13-17)22(23,24)25/h2-8,13,26H,9-12,14H2,1H3. The monoisotopic (exact) mass is 401 g/mol. The van der Waals surface area contributed by atoms with Crippen molar-refractivity contribution in [1.82, 2.24) is 9.88 Å². The van der Waals surface area contributed by atoms with Crippen LogP contribution in [0.2, 0.25) is 0 Å². The van der Waals surface area contributed by atoms with Gasteiger partial charge in [-0.3, -0.25) is 9.69 Å². The highest BCUT2D eigenvalue weighted by Gasteiger charge is 2.31. The van der Waals surface area contributed by atoms with Gasteiger partial charge in [-0.25, -0.2) is 0 Å². The molecule has 29 heavy (non-hydrogen) atoms. The van der Waals surface area contributed by atoms with Gasteiger partial charge < -0.3 is 9.88 Å². The lowest BCUT2D eigenvalue weighted by Gasteiger charge is -2.36. The Morgan fingerprint density at radius 3 is 2.48 bits per heavy atom. The minimum absolute atomic E-state index is 0.0625. The van der Waals surface area contributed by atoms with Gasteiger partial charge in [0.25, 0.3) is 0 Å². The minimum atomic E-state index is -4.35. The number of aromatic nitrogens is 1. The summed E-state index contributed by atoms with van der Waals surface area (Å²) in [5.74, 6) is 0.0625. The van der Waals surface area contributed by atoms with E-state index in [2.05, 4.69) is 9.88 Å². The molecule has 1 saturated heterocycles.